The van der Waals surface area contributed by atoms with Crippen LogP contribution < -0.4 is 5.73 Å². The van der Waals surface area contributed by atoms with Gasteiger partial charge in [-0.2, -0.15) is 0 Å². The van der Waals surface area contributed by atoms with Crippen LogP contribution in [0.1, 0.15) is 30.4 Å². The highest BCUT2D eigenvalue weighted by Gasteiger charge is 2.20. The van der Waals surface area contributed by atoms with E-state index in [1.54, 1.807) is 0 Å². The first-order chi connectivity index (χ1) is 8.38. The van der Waals surface area contributed by atoms with Crippen molar-refractivity contribution in [1.82, 2.24) is 0 Å². The lowest BCUT2D eigenvalue weighted by molar-refractivity contribution is 0.115. The second-order valence-corrected chi connectivity index (χ2v) is 4.49. The van der Waals surface area contributed by atoms with Crippen molar-refractivity contribution in [2.45, 2.75) is 25.9 Å². The van der Waals surface area contributed by atoms with Crippen LogP contribution in [0.4, 0.5) is 0 Å². The molecule has 0 saturated heterocycles. The SMILES string of the molecule is NCC#Cc1ccc(COCCC2CC2)cc1. The van der Waals surface area contributed by atoms with Crippen molar-refractivity contribution in [2.75, 3.05) is 13.2 Å². The lowest BCUT2D eigenvalue weighted by Crippen LogP contribution is -1.96. The molecule has 17 heavy (non-hydrogen) atoms. The maximum Gasteiger partial charge on any atom is 0.0716 e. The van der Waals surface area contributed by atoms with E-state index in [0.29, 0.717) is 13.2 Å². The first kappa shape index (κ1) is 12.2. The van der Waals surface area contributed by atoms with Gasteiger partial charge in [0, 0.05) is 12.2 Å². The molecule has 1 aromatic rings. The summed E-state index contributed by atoms with van der Waals surface area (Å²) in [6, 6.07) is 8.17. The zero-order valence-corrected chi connectivity index (χ0v) is 10.1. The Labute approximate surface area is 103 Å². The Bertz CT molecular complexity index is 395. The average molecular weight is 229 g/mol. The average Bonchev–Trinajstić information content (AvgIpc) is 3.18. The van der Waals surface area contributed by atoms with Crippen molar-refractivity contribution >= 4 is 0 Å². The van der Waals surface area contributed by atoms with E-state index in [9.17, 15) is 0 Å². The largest absolute Gasteiger partial charge is 0.377 e. The molecule has 2 heteroatoms. The molecular formula is C15H19NO. The summed E-state index contributed by atoms with van der Waals surface area (Å²) in [5.74, 6) is 6.80. The molecule has 1 fully saturated rings. The third-order valence-corrected chi connectivity index (χ3v) is 2.92. The van der Waals surface area contributed by atoms with Crippen LogP contribution in [0.3, 0.4) is 0 Å². The van der Waals surface area contributed by atoms with E-state index in [1.165, 1.54) is 24.8 Å². The fraction of sp³-hybridized carbons (Fsp3) is 0.467. The topological polar surface area (TPSA) is 35.2 Å². The van der Waals surface area contributed by atoms with Gasteiger partial charge in [0.1, 0.15) is 0 Å². The molecule has 0 atom stereocenters. The maximum absolute atomic E-state index is 5.64. The lowest BCUT2D eigenvalue weighted by Gasteiger charge is -2.03. The standard InChI is InChI=1S/C15H19NO/c16-10-1-2-13-5-7-15(8-6-13)12-17-11-9-14-3-4-14/h5-8,14H,3-4,9-12,16H2. The van der Waals surface area contributed by atoms with Gasteiger partial charge in [0.15, 0.2) is 0 Å². The monoisotopic (exact) mass is 229 g/mol. The molecule has 0 spiro atoms. The summed E-state index contributed by atoms with van der Waals surface area (Å²) in [6.45, 7) is 2.00. The van der Waals surface area contributed by atoms with Gasteiger partial charge in [-0.25, -0.2) is 0 Å². The highest BCUT2D eigenvalue weighted by atomic mass is 16.5. The summed E-state index contributed by atoms with van der Waals surface area (Å²) in [7, 11) is 0. The first-order valence-corrected chi connectivity index (χ1v) is 6.24. The van der Waals surface area contributed by atoms with Gasteiger partial charge in [-0.15, -0.1) is 0 Å². The number of hydrogen-bond donors (Lipinski definition) is 1. The van der Waals surface area contributed by atoms with E-state index >= 15 is 0 Å². The predicted molar refractivity (Wildman–Crippen MR) is 69.4 cm³/mol. The molecular weight excluding hydrogens is 210 g/mol. The summed E-state index contributed by atoms with van der Waals surface area (Å²) in [6.07, 6.45) is 4.02. The lowest BCUT2D eigenvalue weighted by atomic mass is 10.1. The Morgan fingerprint density at radius 2 is 2.00 bits per heavy atom. The number of benzene rings is 1. The van der Waals surface area contributed by atoms with Crippen LogP contribution in [0, 0.1) is 17.8 Å². The van der Waals surface area contributed by atoms with Crippen LogP contribution >= 0.6 is 0 Å². The third-order valence-electron chi connectivity index (χ3n) is 2.92. The molecule has 1 saturated carbocycles. The number of ether oxygens (including phenoxy) is 1. The van der Waals surface area contributed by atoms with Gasteiger partial charge < -0.3 is 10.5 Å². The van der Waals surface area contributed by atoms with E-state index in [-0.39, 0.29) is 0 Å². The molecule has 0 aromatic heterocycles. The van der Waals surface area contributed by atoms with Gasteiger partial charge in [-0.1, -0.05) is 36.8 Å². The van der Waals surface area contributed by atoms with E-state index in [1.807, 2.05) is 12.1 Å². The highest BCUT2D eigenvalue weighted by molar-refractivity contribution is 5.36. The van der Waals surface area contributed by atoms with Crippen LogP contribution in [0.15, 0.2) is 24.3 Å². The third kappa shape index (κ3) is 4.60. The minimum atomic E-state index is 0.409. The number of hydrogen-bond acceptors (Lipinski definition) is 2. The second kappa shape index (κ2) is 6.44. The summed E-state index contributed by atoms with van der Waals surface area (Å²) >= 11 is 0. The van der Waals surface area contributed by atoms with Gasteiger partial charge in [0.05, 0.1) is 13.2 Å². The number of rotatable bonds is 5. The summed E-state index contributed by atoms with van der Waals surface area (Å²) in [4.78, 5) is 0. The Morgan fingerprint density at radius 3 is 2.65 bits per heavy atom. The zero-order valence-electron chi connectivity index (χ0n) is 10.1. The Hall–Kier alpha value is -1.30. The fourth-order valence-corrected chi connectivity index (χ4v) is 1.68. The minimum Gasteiger partial charge on any atom is -0.377 e. The molecule has 90 valence electrons. The molecule has 0 amide bonds. The summed E-state index contributed by atoms with van der Waals surface area (Å²) in [5, 5.41) is 0. The van der Waals surface area contributed by atoms with Crippen molar-refractivity contribution in [1.29, 1.82) is 0 Å². The molecule has 0 unspecified atom stereocenters. The molecule has 0 aliphatic heterocycles. The van der Waals surface area contributed by atoms with Crippen LogP contribution in [-0.2, 0) is 11.3 Å². The molecule has 0 bridgehead atoms. The fourth-order valence-electron chi connectivity index (χ4n) is 1.68. The minimum absolute atomic E-state index is 0.409. The molecule has 1 aliphatic carbocycles. The quantitative estimate of drug-likeness (QED) is 0.621. The van der Waals surface area contributed by atoms with Gasteiger partial charge in [-0.05, 0) is 30.0 Å². The maximum atomic E-state index is 5.64. The molecule has 1 aromatic carbocycles. The normalized spacial score (nSPS) is 14.2. The molecule has 2 nitrogen and oxygen atoms in total. The van der Waals surface area contributed by atoms with Crippen LogP contribution in [-0.4, -0.2) is 13.2 Å². The van der Waals surface area contributed by atoms with Crippen LogP contribution in [0.5, 0.6) is 0 Å². The summed E-state index contributed by atoms with van der Waals surface area (Å²) < 4.78 is 5.64. The Balaban J connectivity index is 1.72. The smallest absolute Gasteiger partial charge is 0.0716 e. The summed E-state index contributed by atoms with van der Waals surface area (Å²) in [5.41, 5.74) is 7.54. The second-order valence-electron chi connectivity index (χ2n) is 4.49. The molecule has 2 N–H and O–H groups in total. The number of nitrogens with two attached hydrogens (primary N) is 1. The Morgan fingerprint density at radius 1 is 1.24 bits per heavy atom. The van der Waals surface area contributed by atoms with Crippen molar-refractivity contribution < 1.29 is 4.74 Å². The van der Waals surface area contributed by atoms with Crippen molar-refractivity contribution in [3.63, 3.8) is 0 Å². The molecule has 2 rings (SSSR count). The molecule has 0 radical (unpaired) electrons. The van der Waals surface area contributed by atoms with Gasteiger partial charge in [0.2, 0.25) is 0 Å². The van der Waals surface area contributed by atoms with Gasteiger partial charge in [-0.3, -0.25) is 0 Å². The van der Waals surface area contributed by atoms with E-state index in [4.69, 9.17) is 10.5 Å². The van der Waals surface area contributed by atoms with Crippen molar-refractivity contribution in [3.8, 4) is 11.8 Å². The first-order valence-electron chi connectivity index (χ1n) is 6.24. The van der Waals surface area contributed by atoms with Crippen LogP contribution in [0.25, 0.3) is 0 Å². The molecule has 0 heterocycles. The Kier molecular flexibility index (Phi) is 4.61. The van der Waals surface area contributed by atoms with Gasteiger partial charge in [0.25, 0.3) is 0 Å². The van der Waals surface area contributed by atoms with E-state index < -0.39 is 0 Å². The van der Waals surface area contributed by atoms with E-state index in [0.717, 1.165) is 18.1 Å². The van der Waals surface area contributed by atoms with Crippen molar-refractivity contribution in [3.05, 3.63) is 35.4 Å². The predicted octanol–water partition coefficient (Wildman–Crippen LogP) is 2.31. The van der Waals surface area contributed by atoms with Gasteiger partial charge >= 0.3 is 0 Å². The van der Waals surface area contributed by atoms with E-state index in [2.05, 4.69) is 24.0 Å². The zero-order chi connectivity index (χ0) is 11.9. The highest BCUT2D eigenvalue weighted by Crippen LogP contribution is 2.32. The van der Waals surface area contributed by atoms with Crippen LogP contribution in [0.2, 0.25) is 0 Å². The molecule has 1 aliphatic rings. The van der Waals surface area contributed by atoms with Crippen molar-refractivity contribution in [2.24, 2.45) is 11.7 Å².